The van der Waals surface area contributed by atoms with Crippen molar-refractivity contribution < 1.29 is 28.6 Å². The third-order valence-corrected chi connectivity index (χ3v) is 11.9. The van der Waals surface area contributed by atoms with Crippen LogP contribution in [0.25, 0.3) is 0 Å². The quantitative estimate of drug-likeness (QED) is 0.0262. The van der Waals surface area contributed by atoms with E-state index in [-0.39, 0.29) is 37.5 Å². The third kappa shape index (κ3) is 51.8. The van der Waals surface area contributed by atoms with Gasteiger partial charge in [-0.1, -0.05) is 241 Å². The van der Waals surface area contributed by atoms with Crippen LogP contribution >= 0.6 is 0 Å². The summed E-state index contributed by atoms with van der Waals surface area (Å²) in [6, 6.07) is 0. The fraction of sp³-hybridized carbons (Fsp3) is 0.750. The van der Waals surface area contributed by atoms with Gasteiger partial charge in [-0.3, -0.25) is 14.4 Å². The first-order chi connectivity index (χ1) is 32.5. The zero-order chi connectivity index (χ0) is 47.9. The van der Waals surface area contributed by atoms with E-state index in [0.29, 0.717) is 19.3 Å². The molecule has 1 unspecified atom stereocenters. The smallest absolute Gasteiger partial charge is 0.306 e. The average Bonchev–Trinajstić information content (AvgIpc) is 3.31. The van der Waals surface area contributed by atoms with Crippen molar-refractivity contribution in [2.75, 3.05) is 13.2 Å². The predicted octanol–water partition coefficient (Wildman–Crippen LogP) is 18.6. The van der Waals surface area contributed by atoms with E-state index in [1.807, 2.05) is 0 Å². The lowest BCUT2D eigenvalue weighted by molar-refractivity contribution is -0.167. The Morgan fingerprint density at radius 1 is 0.318 bits per heavy atom. The number of hydrogen-bond acceptors (Lipinski definition) is 6. The van der Waals surface area contributed by atoms with E-state index >= 15 is 0 Å². The maximum atomic E-state index is 12.8. The van der Waals surface area contributed by atoms with Gasteiger partial charge in [0.15, 0.2) is 6.10 Å². The summed E-state index contributed by atoms with van der Waals surface area (Å²) >= 11 is 0. The third-order valence-electron chi connectivity index (χ3n) is 11.9. The van der Waals surface area contributed by atoms with Crippen molar-refractivity contribution in [3.8, 4) is 0 Å². The van der Waals surface area contributed by atoms with Crippen LogP contribution in [0.1, 0.15) is 271 Å². The molecule has 0 aromatic carbocycles. The van der Waals surface area contributed by atoms with E-state index in [0.717, 1.165) is 77.0 Å². The highest BCUT2D eigenvalue weighted by Crippen LogP contribution is 2.15. The Bertz CT molecular complexity index is 1240. The number of rotatable bonds is 50. The van der Waals surface area contributed by atoms with E-state index < -0.39 is 6.10 Å². The largest absolute Gasteiger partial charge is 0.462 e. The molecule has 0 aliphatic heterocycles. The zero-order valence-electron chi connectivity index (χ0n) is 43.4. The van der Waals surface area contributed by atoms with Gasteiger partial charge >= 0.3 is 17.9 Å². The minimum Gasteiger partial charge on any atom is -0.462 e. The summed E-state index contributed by atoms with van der Waals surface area (Å²) in [5.41, 5.74) is 0. The van der Waals surface area contributed by atoms with Gasteiger partial charge in [0.1, 0.15) is 13.2 Å². The molecule has 0 saturated carbocycles. The molecular formula is C60H104O6. The van der Waals surface area contributed by atoms with Crippen LogP contribution in [-0.2, 0) is 28.6 Å². The van der Waals surface area contributed by atoms with Crippen molar-refractivity contribution in [2.24, 2.45) is 0 Å². The normalized spacial score (nSPS) is 12.6. The average molecular weight is 921 g/mol. The highest BCUT2D eigenvalue weighted by atomic mass is 16.6. The van der Waals surface area contributed by atoms with Gasteiger partial charge in [0.05, 0.1) is 0 Å². The lowest BCUT2D eigenvalue weighted by atomic mass is 10.0. The number of esters is 3. The Morgan fingerprint density at radius 3 is 1.00 bits per heavy atom. The highest BCUT2D eigenvalue weighted by molar-refractivity contribution is 5.71. The molecule has 0 aliphatic rings. The monoisotopic (exact) mass is 921 g/mol. The van der Waals surface area contributed by atoms with Crippen molar-refractivity contribution in [1.29, 1.82) is 0 Å². The molecule has 0 aliphatic carbocycles. The molecule has 380 valence electrons. The SMILES string of the molecule is CC/C=C\C/C=C\C/C=C\C/C=C\C/C=C\CCCC(=O)OCC(COC(=O)CCCCCCCCCCCCCCCC)OC(=O)CCCCCCCCC/C=C\CCCCCCCC. The zero-order valence-corrected chi connectivity index (χ0v) is 43.4. The van der Waals surface area contributed by atoms with Crippen LogP contribution in [-0.4, -0.2) is 37.2 Å². The first-order valence-electron chi connectivity index (χ1n) is 27.9. The molecule has 0 amide bonds. The topological polar surface area (TPSA) is 78.9 Å². The van der Waals surface area contributed by atoms with Crippen LogP contribution in [0.4, 0.5) is 0 Å². The van der Waals surface area contributed by atoms with Crippen molar-refractivity contribution >= 4 is 17.9 Å². The molecule has 6 nitrogen and oxygen atoms in total. The molecule has 1 atom stereocenters. The predicted molar refractivity (Wildman–Crippen MR) is 284 cm³/mol. The lowest BCUT2D eigenvalue weighted by Gasteiger charge is -2.18. The maximum Gasteiger partial charge on any atom is 0.306 e. The maximum absolute atomic E-state index is 12.8. The molecule has 0 spiro atoms. The summed E-state index contributed by atoms with van der Waals surface area (Å²) in [7, 11) is 0. The lowest BCUT2D eigenvalue weighted by Crippen LogP contribution is -2.30. The van der Waals surface area contributed by atoms with Crippen molar-refractivity contribution in [3.63, 3.8) is 0 Å². The second-order valence-electron chi connectivity index (χ2n) is 18.5. The van der Waals surface area contributed by atoms with Gasteiger partial charge in [-0.05, 0) is 83.5 Å². The van der Waals surface area contributed by atoms with Crippen LogP contribution in [0, 0.1) is 0 Å². The summed E-state index contributed by atoms with van der Waals surface area (Å²) in [5, 5.41) is 0. The number of carbonyl (C=O) groups excluding carboxylic acids is 3. The van der Waals surface area contributed by atoms with Gasteiger partial charge < -0.3 is 14.2 Å². The Labute approximate surface area is 408 Å². The van der Waals surface area contributed by atoms with Crippen LogP contribution in [0.2, 0.25) is 0 Å². The van der Waals surface area contributed by atoms with Gasteiger partial charge in [-0.15, -0.1) is 0 Å². The van der Waals surface area contributed by atoms with Crippen LogP contribution < -0.4 is 0 Å². The molecule has 0 aromatic rings. The number of hydrogen-bond donors (Lipinski definition) is 0. The van der Waals surface area contributed by atoms with Crippen LogP contribution in [0.15, 0.2) is 72.9 Å². The molecule has 0 radical (unpaired) electrons. The number of allylic oxidation sites excluding steroid dienone is 12. The summed E-state index contributed by atoms with van der Waals surface area (Å²) in [4.78, 5) is 38.1. The van der Waals surface area contributed by atoms with E-state index in [2.05, 4.69) is 93.7 Å². The molecular weight excluding hydrogens is 817 g/mol. The molecule has 0 fully saturated rings. The summed E-state index contributed by atoms with van der Waals surface area (Å²) in [5.74, 6) is -0.950. The number of ether oxygens (including phenoxy) is 3. The minimum absolute atomic E-state index is 0.0925. The van der Waals surface area contributed by atoms with Crippen LogP contribution in [0.3, 0.4) is 0 Å². The molecule has 0 bridgehead atoms. The number of unbranched alkanes of at least 4 members (excludes halogenated alkanes) is 27. The molecule has 0 N–H and O–H groups in total. The summed E-state index contributed by atoms with van der Waals surface area (Å²) < 4.78 is 16.8. The van der Waals surface area contributed by atoms with Gasteiger partial charge in [0.25, 0.3) is 0 Å². The van der Waals surface area contributed by atoms with Gasteiger partial charge in [-0.25, -0.2) is 0 Å². The van der Waals surface area contributed by atoms with Gasteiger partial charge in [0.2, 0.25) is 0 Å². The van der Waals surface area contributed by atoms with E-state index in [4.69, 9.17) is 14.2 Å². The van der Waals surface area contributed by atoms with Crippen molar-refractivity contribution in [3.05, 3.63) is 72.9 Å². The Hall–Kier alpha value is -3.15. The first-order valence-corrected chi connectivity index (χ1v) is 27.9. The molecule has 0 heterocycles. The van der Waals surface area contributed by atoms with Crippen LogP contribution in [0.5, 0.6) is 0 Å². The molecule has 66 heavy (non-hydrogen) atoms. The Balaban J connectivity index is 4.46. The Morgan fingerprint density at radius 2 is 0.606 bits per heavy atom. The fourth-order valence-corrected chi connectivity index (χ4v) is 7.77. The molecule has 6 heteroatoms. The standard InChI is InChI=1S/C60H104O6/c1-4-7-10-13-16-19-22-25-28-30-32-35-38-41-44-47-50-53-59(62)65-56-57(55-64-58(61)52-49-46-43-40-37-34-27-24-21-18-15-12-9-6-3)66-60(63)54-51-48-45-42-39-36-33-31-29-26-23-20-17-14-11-8-5-2/h7,10,16,19,25-26,28-29,32,35,41,44,57H,4-6,8-9,11-15,17-18,20-24,27,30-31,33-34,36-40,42-43,45-56H2,1-3H3/b10-7-,19-16-,28-25-,29-26-,35-32-,44-41-. The summed E-state index contributed by atoms with van der Waals surface area (Å²) in [6.07, 6.45) is 68.9. The molecule has 0 rings (SSSR count). The van der Waals surface area contributed by atoms with Crippen molar-refractivity contribution in [2.45, 2.75) is 277 Å². The second kappa shape index (κ2) is 54.5. The van der Waals surface area contributed by atoms with Crippen molar-refractivity contribution in [1.82, 2.24) is 0 Å². The number of carbonyl (C=O) groups is 3. The summed E-state index contributed by atoms with van der Waals surface area (Å²) in [6.45, 7) is 6.49. The minimum atomic E-state index is -0.799. The first kappa shape index (κ1) is 62.8. The van der Waals surface area contributed by atoms with E-state index in [1.165, 1.54) is 148 Å². The highest BCUT2D eigenvalue weighted by Gasteiger charge is 2.19. The van der Waals surface area contributed by atoms with E-state index in [9.17, 15) is 14.4 Å². The second-order valence-corrected chi connectivity index (χ2v) is 18.5. The fourth-order valence-electron chi connectivity index (χ4n) is 7.77. The van der Waals surface area contributed by atoms with Gasteiger partial charge in [0, 0.05) is 19.3 Å². The van der Waals surface area contributed by atoms with E-state index in [1.54, 1.807) is 0 Å². The molecule has 0 saturated heterocycles. The Kier molecular flexibility index (Phi) is 51.9. The van der Waals surface area contributed by atoms with Gasteiger partial charge in [-0.2, -0.15) is 0 Å². The molecule has 0 aromatic heterocycles.